The number of aromatic nitrogens is 1. The summed E-state index contributed by atoms with van der Waals surface area (Å²) in [7, 11) is -1.01. The van der Waals surface area contributed by atoms with Crippen molar-refractivity contribution in [1.29, 1.82) is 0 Å². The number of thiophene rings is 1. The van der Waals surface area contributed by atoms with Gasteiger partial charge in [-0.15, -0.1) is 11.3 Å². The van der Waals surface area contributed by atoms with E-state index >= 15 is 0 Å². The van der Waals surface area contributed by atoms with Crippen molar-refractivity contribution in [3.63, 3.8) is 0 Å². The van der Waals surface area contributed by atoms with Gasteiger partial charge in [0.15, 0.2) is 0 Å². The fourth-order valence-corrected chi connectivity index (χ4v) is 7.30. The zero-order valence-electron chi connectivity index (χ0n) is 22.3. The van der Waals surface area contributed by atoms with Crippen molar-refractivity contribution in [2.75, 3.05) is 0 Å². The predicted octanol–water partition coefficient (Wildman–Crippen LogP) is 5.19. The quantitative estimate of drug-likeness (QED) is 0.237. The number of carbonyl (C=O) groups excluding carboxylic acids is 2. The average molecular weight is 554 g/mol. The van der Waals surface area contributed by atoms with E-state index in [1.807, 2.05) is 60.8 Å². The zero-order chi connectivity index (χ0) is 27.8. The molecule has 9 heteroatoms. The Bertz CT molecular complexity index is 1470. The highest BCUT2D eigenvalue weighted by Gasteiger charge is 2.56. The molecule has 204 valence electrons. The molecule has 2 aromatic heterocycles. The topological polar surface area (TPSA) is 100.0 Å². The molecule has 0 saturated carbocycles. The van der Waals surface area contributed by atoms with Crippen LogP contribution in [0.1, 0.15) is 42.3 Å². The van der Waals surface area contributed by atoms with Gasteiger partial charge in [-0.05, 0) is 85.3 Å². The summed E-state index contributed by atoms with van der Waals surface area (Å²) in [5.74, 6) is -1.16. The van der Waals surface area contributed by atoms with Gasteiger partial charge < -0.3 is 14.8 Å². The second-order valence-corrected chi connectivity index (χ2v) is 11.8. The van der Waals surface area contributed by atoms with Gasteiger partial charge in [-0.3, -0.25) is 19.5 Å². The molecule has 0 radical (unpaired) electrons. The number of allylic oxidation sites excluding steroid dienone is 2. The lowest BCUT2D eigenvalue weighted by Gasteiger charge is -2.42. The summed E-state index contributed by atoms with van der Waals surface area (Å²) in [6.45, 7) is 2.33. The van der Waals surface area contributed by atoms with Crippen molar-refractivity contribution in [3.05, 3.63) is 93.5 Å². The highest BCUT2D eigenvalue weighted by Crippen LogP contribution is 2.51. The third kappa shape index (κ3) is 5.05. The first-order chi connectivity index (χ1) is 19.4. The summed E-state index contributed by atoms with van der Waals surface area (Å²) in [5, 5.41) is 23.1. The number of pyridine rings is 1. The normalized spacial score (nSPS) is 24.9. The van der Waals surface area contributed by atoms with Crippen LogP contribution in [0.15, 0.2) is 77.3 Å². The number of amides is 2. The predicted molar refractivity (Wildman–Crippen MR) is 155 cm³/mol. The maximum absolute atomic E-state index is 13.7. The highest BCUT2D eigenvalue weighted by molar-refractivity contribution is 7.09. The molecule has 4 heterocycles. The lowest BCUT2D eigenvalue weighted by molar-refractivity contribution is -0.140. The number of hydrogen-bond acceptors (Lipinski definition) is 7. The van der Waals surface area contributed by atoms with Crippen LogP contribution in [-0.2, 0) is 20.8 Å². The monoisotopic (exact) mass is 554 g/mol. The van der Waals surface area contributed by atoms with Crippen LogP contribution in [0.5, 0.6) is 5.75 Å². The van der Waals surface area contributed by atoms with Crippen LogP contribution in [0.25, 0.3) is 11.6 Å². The lowest BCUT2D eigenvalue weighted by atomic mass is 9.58. The molecule has 2 aliphatic heterocycles. The molecule has 0 spiro atoms. The number of nitrogens with zero attached hydrogens (tertiary/aromatic N) is 2. The van der Waals surface area contributed by atoms with Crippen LogP contribution < -0.4 is 0 Å². The number of benzene rings is 1. The molecule has 3 aromatic rings. The second kappa shape index (κ2) is 11.2. The molecule has 2 amide bonds. The van der Waals surface area contributed by atoms with Crippen molar-refractivity contribution in [3.8, 4) is 5.75 Å². The van der Waals surface area contributed by atoms with Crippen LogP contribution in [0.2, 0.25) is 6.32 Å². The van der Waals surface area contributed by atoms with Gasteiger partial charge in [0, 0.05) is 16.6 Å². The van der Waals surface area contributed by atoms with Crippen LogP contribution in [0.3, 0.4) is 0 Å². The minimum Gasteiger partial charge on any atom is -0.507 e. The van der Waals surface area contributed by atoms with Crippen molar-refractivity contribution in [2.24, 2.45) is 17.8 Å². The van der Waals surface area contributed by atoms with Gasteiger partial charge >= 0.3 is 7.12 Å². The Hall–Kier alpha value is -3.53. The van der Waals surface area contributed by atoms with Crippen molar-refractivity contribution in [1.82, 2.24) is 9.88 Å². The lowest BCUT2D eigenvalue weighted by Crippen LogP contribution is -2.46. The molecule has 1 aliphatic carbocycles. The van der Waals surface area contributed by atoms with Gasteiger partial charge in [-0.2, -0.15) is 0 Å². The number of carbonyl (C=O) groups is 2. The molecule has 3 aliphatic rings. The summed E-state index contributed by atoms with van der Waals surface area (Å²) in [6.07, 6.45) is 5.26. The third-order valence-electron chi connectivity index (χ3n) is 8.37. The van der Waals surface area contributed by atoms with Gasteiger partial charge in [0.1, 0.15) is 5.75 Å². The standard InChI is InChI=1S/C31H31BN2O5S/c1-19-15-23-29(31(37)34(30(23)36)18-22-8-6-14-40-22)24-17-32(38)39-27(28(19)24)12-11-20(25-9-4-5-13-33-25)16-21-7-2-3-10-26(21)35/h2-10,13-14,16,23-24,27,29,35,38H,11-12,15,17-18H2,1H3/b20-16-/t23-,24+,27-,29-/m1/s1. The summed E-state index contributed by atoms with van der Waals surface area (Å²) >= 11 is 1.54. The third-order valence-corrected chi connectivity index (χ3v) is 9.24. The Morgan fingerprint density at radius 3 is 2.70 bits per heavy atom. The fraction of sp³-hybridized carbons (Fsp3) is 0.323. The molecule has 1 aromatic carbocycles. The number of phenols is 1. The first kappa shape index (κ1) is 26.7. The first-order valence-corrected chi connectivity index (χ1v) is 14.6. The Morgan fingerprint density at radius 2 is 1.95 bits per heavy atom. The number of hydrogen-bond donors (Lipinski definition) is 2. The minimum atomic E-state index is -1.01. The van der Waals surface area contributed by atoms with E-state index in [0.717, 1.165) is 27.3 Å². The van der Waals surface area contributed by atoms with Crippen molar-refractivity contribution in [2.45, 2.75) is 45.2 Å². The molecule has 0 bridgehead atoms. The number of para-hydroxylation sites is 1. The van der Waals surface area contributed by atoms with E-state index in [9.17, 15) is 19.7 Å². The molecule has 4 atom stereocenters. The highest BCUT2D eigenvalue weighted by atomic mass is 32.1. The molecular formula is C31H31BN2O5S. The number of rotatable bonds is 7. The van der Waals surface area contributed by atoms with E-state index in [0.29, 0.717) is 37.7 Å². The molecule has 2 fully saturated rings. The SMILES string of the molecule is CC1=C2[C@@H](CC/C(=C/c3ccccc3O)c3ccccn3)OB(O)C[C@@H]2[C@@H]2C(=O)N(Cc3cccs3)C(=O)[C@@H]2C1. The zero-order valence-corrected chi connectivity index (χ0v) is 23.1. The molecule has 2 N–H and O–H groups in total. The van der Waals surface area contributed by atoms with Crippen LogP contribution in [0, 0.1) is 17.8 Å². The minimum absolute atomic E-state index is 0.109. The largest absolute Gasteiger partial charge is 0.507 e. The summed E-state index contributed by atoms with van der Waals surface area (Å²) < 4.78 is 6.10. The number of likely N-dealkylation sites (tertiary alicyclic amines) is 1. The second-order valence-electron chi connectivity index (χ2n) is 10.8. The molecule has 0 unspecified atom stereocenters. The Labute approximate surface area is 238 Å². The van der Waals surface area contributed by atoms with E-state index < -0.39 is 19.0 Å². The number of phenolic OH excluding ortho intramolecular Hbond substituents is 1. The molecule has 7 nitrogen and oxygen atoms in total. The van der Waals surface area contributed by atoms with Gasteiger partial charge in [0.2, 0.25) is 11.8 Å². The first-order valence-electron chi connectivity index (χ1n) is 13.7. The molecule has 2 saturated heterocycles. The average Bonchev–Trinajstić information content (AvgIpc) is 3.55. The van der Waals surface area contributed by atoms with Crippen LogP contribution >= 0.6 is 11.3 Å². The molecule has 40 heavy (non-hydrogen) atoms. The van der Waals surface area contributed by atoms with Gasteiger partial charge in [-0.25, -0.2) is 0 Å². The maximum Gasteiger partial charge on any atom is 0.455 e. The number of fused-ring (bicyclic) bond motifs is 3. The summed E-state index contributed by atoms with van der Waals surface area (Å²) in [5.41, 5.74) is 4.56. The van der Waals surface area contributed by atoms with Gasteiger partial charge in [-0.1, -0.05) is 35.9 Å². The number of aromatic hydroxyl groups is 1. The molecule has 6 rings (SSSR count). The summed E-state index contributed by atoms with van der Waals surface area (Å²) in [4.78, 5) is 34.0. The van der Waals surface area contributed by atoms with Gasteiger partial charge in [0.05, 0.1) is 30.2 Å². The van der Waals surface area contributed by atoms with Crippen LogP contribution in [0.4, 0.5) is 0 Å². The Morgan fingerprint density at radius 1 is 1.12 bits per heavy atom. The van der Waals surface area contributed by atoms with E-state index in [1.54, 1.807) is 18.3 Å². The van der Waals surface area contributed by atoms with E-state index in [-0.39, 0.29) is 29.6 Å². The van der Waals surface area contributed by atoms with Gasteiger partial charge in [0.25, 0.3) is 0 Å². The summed E-state index contributed by atoms with van der Waals surface area (Å²) in [6, 6.07) is 16.8. The van der Waals surface area contributed by atoms with E-state index in [1.165, 1.54) is 16.2 Å². The molecular weight excluding hydrogens is 523 g/mol. The Kier molecular flexibility index (Phi) is 7.44. The Balaban J connectivity index is 1.27. The van der Waals surface area contributed by atoms with Crippen molar-refractivity contribution >= 4 is 41.9 Å². The maximum atomic E-state index is 13.7. The van der Waals surface area contributed by atoms with E-state index in [2.05, 4.69) is 4.98 Å². The van der Waals surface area contributed by atoms with E-state index in [4.69, 9.17) is 4.65 Å². The van der Waals surface area contributed by atoms with Crippen LogP contribution in [-0.4, -0.2) is 45.1 Å². The van der Waals surface area contributed by atoms with Crippen molar-refractivity contribution < 1.29 is 24.4 Å². The smallest absolute Gasteiger partial charge is 0.455 e. The number of imide groups is 1. The fourth-order valence-electron chi connectivity index (χ4n) is 6.61.